The number of likely N-dealkylation sites (tertiary alicyclic amines) is 1. The van der Waals surface area contributed by atoms with Crippen LogP contribution >= 0.6 is 11.6 Å². The summed E-state index contributed by atoms with van der Waals surface area (Å²) in [5.41, 5.74) is 1.45. The predicted octanol–water partition coefficient (Wildman–Crippen LogP) is 3.81. The molecule has 0 aromatic heterocycles. The lowest BCUT2D eigenvalue weighted by molar-refractivity contribution is -0.126. The highest BCUT2D eigenvalue weighted by Gasteiger charge is 2.28. The zero-order valence-corrected chi connectivity index (χ0v) is 14.5. The van der Waals surface area contributed by atoms with Gasteiger partial charge in [-0.05, 0) is 49.2 Å². The third kappa shape index (κ3) is 4.49. The quantitative estimate of drug-likeness (QED) is 0.609. The molecule has 1 unspecified atom stereocenters. The molecular formula is C21H18ClNO2. The monoisotopic (exact) mass is 351 g/mol. The molecule has 4 heteroatoms. The Kier molecular flexibility index (Phi) is 5.53. The van der Waals surface area contributed by atoms with Crippen molar-refractivity contribution in [1.29, 1.82) is 0 Å². The molecule has 25 heavy (non-hydrogen) atoms. The van der Waals surface area contributed by atoms with Crippen LogP contribution in [0.5, 0.6) is 0 Å². The average Bonchev–Trinajstić information content (AvgIpc) is 2.67. The summed E-state index contributed by atoms with van der Waals surface area (Å²) in [6, 6.07) is 16.3. The first-order valence-electron chi connectivity index (χ1n) is 8.29. The lowest BCUT2D eigenvalue weighted by atomic mass is 9.90. The molecule has 0 radical (unpaired) electrons. The third-order valence-corrected chi connectivity index (χ3v) is 4.55. The topological polar surface area (TPSA) is 37.4 Å². The molecule has 3 rings (SSSR count). The lowest BCUT2D eigenvalue weighted by Gasteiger charge is -2.30. The summed E-state index contributed by atoms with van der Waals surface area (Å²) in [7, 11) is 0. The van der Waals surface area contributed by atoms with Gasteiger partial charge in [0.1, 0.15) is 0 Å². The fourth-order valence-electron chi connectivity index (χ4n) is 2.95. The van der Waals surface area contributed by atoms with E-state index in [4.69, 9.17) is 11.6 Å². The maximum Gasteiger partial charge on any atom is 0.298 e. The largest absolute Gasteiger partial charge is 0.331 e. The second-order valence-corrected chi connectivity index (χ2v) is 6.51. The molecule has 0 N–H and O–H groups in total. The van der Waals surface area contributed by atoms with E-state index in [-0.39, 0.29) is 17.6 Å². The van der Waals surface area contributed by atoms with E-state index in [1.807, 2.05) is 30.3 Å². The molecule has 0 bridgehead atoms. The SMILES string of the molecule is O=C(c1ccc(Cl)cc1)C1CCCN(C(=O)C#Cc2ccccc2)C1. The van der Waals surface area contributed by atoms with Crippen molar-refractivity contribution in [3.63, 3.8) is 0 Å². The number of piperidine rings is 1. The number of Topliss-reactive ketones (excluding diaryl/α,β-unsaturated/α-hetero) is 1. The molecule has 1 heterocycles. The molecule has 1 saturated heterocycles. The van der Waals surface area contributed by atoms with Gasteiger partial charge < -0.3 is 4.90 Å². The Morgan fingerprint density at radius 2 is 1.76 bits per heavy atom. The summed E-state index contributed by atoms with van der Waals surface area (Å²) in [6.07, 6.45) is 1.60. The van der Waals surface area contributed by atoms with E-state index < -0.39 is 0 Å². The van der Waals surface area contributed by atoms with Crippen molar-refractivity contribution < 1.29 is 9.59 Å². The van der Waals surface area contributed by atoms with Gasteiger partial charge in [0.05, 0.1) is 0 Å². The van der Waals surface area contributed by atoms with E-state index in [1.54, 1.807) is 29.2 Å². The van der Waals surface area contributed by atoms with E-state index in [9.17, 15) is 9.59 Å². The summed E-state index contributed by atoms with van der Waals surface area (Å²) >= 11 is 5.87. The summed E-state index contributed by atoms with van der Waals surface area (Å²) in [5, 5.41) is 0.605. The van der Waals surface area contributed by atoms with Crippen molar-refractivity contribution in [2.45, 2.75) is 12.8 Å². The average molecular weight is 352 g/mol. The molecule has 0 spiro atoms. The Morgan fingerprint density at radius 1 is 1.04 bits per heavy atom. The number of amides is 1. The van der Waals surface area contributed by atoms with Crippen LogP contribution in [0.15, 0.2) is 54.6 Å². The number of halogens is 1. The van der Waals surface area contributed by atoms with Crippen LogP contribution in [0.4, 0.5) is 0 Å². The number of nitrogens with zero attached hydrogens (tertiary/aromatic N) is 1. The maximum absolute atomic E-state index is 12.6. The first-order chi connectivity index (χ1) is 12.1. The number of carbonyl (C=O) groups excluding carboxylic acids is 2. The van der Waals surface area contributed by atoms with Crippen LogP contribution in [0.3, 0.4) is 0 Å². The van der Waals surface area contributed by atoms with Crippen molar-refractivity contribution in [3.05, 3.63) is 70.7 Å². The highest BCUT2D eigenvalue weighted by Crippen LogP contribution is 2.22. The van der Waals surface area contributed by atoms with E-state index in [1.165, 1.54) is 0 Å². The van der Waals surface area contributed by atoms with Crippen molar-refractivity contribution in [3.8, 4) is 11.8 Å². The van der Waals surface area contributed by atoms with Crippen LogP contribution in [0.2, 0.25) is 5.02 Å². The molecule has 1 amide bonds. The van der Waals surface area contributed by atoms with Gasteiger partial charge in [-0.25, -0.2) is 0 Å². The van der Waals surface area contributed by atoms with Gasteiger partial charge in [-0.1, -0.05) is 35.7 Å². The van der Waals surface area contributed by atoms with Crippen LogP contribution in [0.25, 0.3) is 0 Å². The van der Waals surface area contributed by atoms with E-state index in [2.05, 4.69) is 11.8 Å². The fourth-order valence-corrected chi connectivity index (χ4v) is 3.08. The van der Waals surface area contributed by atoms with Gasteiger partial charge in [-0.3, -0.25) is 9.59 Å². The maximum atomic E-state index is 12.6. The van der Waals surface area contributed by atoms with Gasteiger partial charge in [0, 0.05) is 41.1 Å². The molecular weight excluding hydrogens is 334 g/mol. The number of rotatable bonds is 2. The van der Waals surface area contributed by atoms with E-state index in [0.717, 1.165) is 18.4 Å². The highest BCUT2D eigenvalue weighted by atomic mass is 35.5. The molecule has 1 fully saturated rings. The standard InChI is InChI=1S/C21H18ClNO2/c22-19-11-9-17(10-12-19)21(25)18-7-4-14-23(15-18)20(24)13-8-16-5-2-1-3-6-16/h1-3,5-6,9-12,18H,4,7,14-15H2. The molecule has 1 atom stereocenters. The molecule has 1 aliphatic rings. The normalized spacial score (nSPS) is 16.7. The summed E-state index contributed by atoms with van der Waals surface area (Å²) in [4.78, 5) is 26.7. The summed E-state index contributed by atoms with van der Waals surface area (Å²) in [6.45, 7) is 1.07. The Morgan fingerprint density at radius 3 is 2.48 bits per heavy atom. The van der Waals surface area contributed by atoms with Crippen molar-refractivity contribution in [1.82, 2.24) is 4.90 Å². The van der Waals surface area contributed by atoms with Crippen LogP contribution in [-0.4, -0.2) is 29.7 Å². The molecule has 0 saturated carbocycles. The third-order valence-electron chi connectivity index (χ3n) is 4.30. The number of carbonyl (C=O) groups is 2. The van der Waals surface area contributed by atoms with Crippen LogP contribution in [-0.2, 0) is 4.79 Å². The molecule has 3 nitrogen and oxygen atoms in total. The molecule has 1 aliphatic heterocycles. The smallest absolute Gasteiger partial charge is 0.298 e. The van der Waals surface area contributed by atoms with Gasteiger partial charge in [0.15, 0.2) is 5.78 Å². The van der Waals surface area contributed by atoms with E-state index in [0.29, 0.717) is 23.7 Å². The molecule has 126 valence electrons. The Balaban J connectivity index is 1.66. The van der Waals surface area contributed by atoms with Crippen molar-refractivity contribution >= 4 is 23.3 Å². The first-order valence-corrected chi connectivity index (χ1v) is 8.67. The van der Waals surface area contributed by atoms with Crippen LogP contribution < -0.4 is 0 Å². The van der Waals surface area contributed by atoms with Gasteiger partial charge in [0.2, 0.25) is 0 Å². The first kappa shape index (κ1) is 17.3. The van der Waals surface area contributed by atoms with Crippen molar-refractivity contribution in [2.24, 2.45) is 5.92 Å². The summed E-state index contributed by atoms with van der Waals surface area (Å²) in [5.74, 6) is 5.22. The second-order valence-electron chi connectivity index (χ2n) is 6.08. The molecule has 0 aliphatic carbocycles. The second kappa shape index (κ2) is 8.00. The minimum Gasteiger partial charge on any atom is -0.331 e. The minimum absolute atomic E-state index is 0.0604. The zero-order valence-electron chi connectivity index (χ0n) is 13.7. The Labute approximate surface area is 152 Å². The highest BCUT2D eigenvalue weighted by molar-refractivity contribution is 6.30. The van der Waals surface area contributed by atoms with Gasteiger partial charge >= 0.3 is 0 Å². The van der Waals surface area contributed by atoms with Gasteiger partial charge in [-0.2, -0.15) is 0 Å². The predicted molar refractivity (Wildman–Crippen MR) is 98.4 cm³/mol. The van der Waals surface area contributed by atoms with Gasteiger partial charge in [0.25, 0.3) is 5.91 Å². The van der Waals surface area contributed by atoms with E-state index >= 15 is 0 Å². The van der Waals surface area contributed by atoms with Gasteiger partial charge in [-0.15, -0.1) is 0 Å². The lowest BCUT2D eigenvalue weighted by Crippen LogP contribution is -2.41. The van der Waals surface area contributed by atoms with Crippen LogP contribution in [0.1, 0.15) is 28.8 Å². The number of hydrogen-bond acceptors (Lipinski definition) is 2. The Hall–Kier alpha value is -2.57. The molecule has 2 aromatic carbocycles. The Bertz CT molecular complexity index is 818. The number of hydrogen-bond donors (Lipinski definition) is 0. The summed E-state index contributed by atoms with van der Waals surface area (Å²) < 4.78 is 0. The minimum atomic E-state index is -0.225. The van der Waals surface area contributed by atoms with Crippen LogP contribution in [0, 0.1) is 17.8 Å². The zero-order chi connectivity index (χ0) is 17.6. The number of ketones is 1. The fraction of sp³-hybridized carbons (Fsp3) is 0.238. The molecule has 2 aromatic rings. The number of benzene rings is 2. The van der Waals surface area contributed by atoms with Crippen molar-refractivity contribution in [2.75, 3.05) is 13.1 Å².